The van der Waals surface area contributed by atoms with Crippen LogP contribution in [0.1, 0.15) is 32.4 Å². The molecule has 2 aromatic rings. The van der Waals surface area contributed by atoms with E-state index >= 15 is 0 Å². The van der Waals surface area contributed by atoms with Gasteiger partial charge >= 0.3 is 12.0 Å². The number of benzene rings is 1. The third-order valence-corrected chi connectivity index (χ3v) is 3.53. The lowest BCUT2D eigenvalue weighted by molar-refractivity contribution is -0.137. The zero-order chi connectivity index (χ0) is 17.7. The molecule has 3 N–H and O–H groups in total. The summed E-state index contributed by atoms with van der Waals surface area (Å²) >= 11 is 0. The van der Waals surface area contributed by atoms with Gasteiger partial charge in [0.25, 0.3) is 0 Å². The number of carboxylic acids is 1. The molecule has 0 aliphatic rings. The Kier molecular flexibility index (Phi) is 5.23. The molecule has 2 amide bonds. The highest BCUT2D eigenvalue weighted by Gasteiger charge is 2.21. The molecule has 1 aromatic carbocycles. The SMILES string of the molecule is Cc1ccn(-c2ccc(NC(=O)NC(C)(C)CCC(=O)O)cc2)n1. The third-order valence-electron chi connectivity index (χ3n) is 3.53. The van der Waals surface area contributed by atoms with E-state index in [-0.39, 0.29) is 12.5 Å². The highest BCUT2D eigenvalue weighted by Crippen LogP contribution is 2.15. The van der Waals surface area contributed by atoms with Crippen LogP contribution in [0.3, 0.4) is 0 Å². The molecule has 1 aromatic heterocycles. The van der Waals surface area contributed by atoms with Gasteiger partial charge in [0.1, 0.15) is 0 Å². The lowest BCUT2D eigenvalue weighted by Gasteiger charge is -2.25. The summed E-state index contributed by atoms with van der Waals surface area (Å²) in [6.45, 7) is 5.50. The number of nitrogens with one attached hydrogen (secondary N) is 2. The Morgan fingerprint density at radius 1 is 1.21 bits per heavy atom. The molecule has 7 heteroatoms. The quantitative estimate of drug-likeness (QED) is 0.758. The average molecular weight is 330 g/mol. The minimum absolute atomic E-state index is 0.00522. The molecule has 7 nitrogen and oxygen atoms in total. The van der Waals surface area contributed by atoms with Crippen LogP contribution in [0.5, 0.6) is 0 Å². The molecule has 128 valence electrons. The molecule has 0 saturated heterocycles. The van der Waals surface area contributed by atoms with E-state index in [4.69, 9.17) is 5.11 Å². The number of aliphatic carboxylic acids is 1. The first kappa shape index (κ1) is 17.5. The molecule has 24 heavy (non-hydrogen) atoms. The second-order valence-corrected chi connectivity index (χ2v) is 6.31. The zero-order valence-corrected chi connectivity index (χ0v) is 14.0. The molecular formula is C17H22N4O3. The topological polar surface area (TPSA) is 96.2 Å². The molecule has 0 aliphatic heterocycles. The summed E-state index contributed by atoms with van der Waals surface area (Å²) in [4.78, 5) is 22.7. The molecular weight excluding hydrogens is 308 g/mol. The summed E-state index contributed by atoms with van der Waals surface area (Å²) < 4.78 is 1.76. The van der Waals surface area contributed by atoms with Crippen LogP contribution in [0.25, 0.3) is 5.69 Å². The predicted octanol–water partition coefficient (Wildman–Crippen LogP) is 2.95. The van der Waals surface area contributed by atoms with Crippen molar-refractivity contribution in [2.24, 2.45) is 0 Å². The second-order valence-electron chi connectivity index (χ2n) is 6.31. The van der Waals surface area contributed by atoms with Gasteiger partial charge in [-0.3, -0.25) is 4.79 Å². The van der Waals surface area contributed by atoms with Crippen LogP contribution < -0.4 is 10.6 Å². The van der Waals surface area contributed by atoms with Crippen molar-refractivity contribution in [2.75, 3.05) is 5.32 Å². The average Bonchev–Trinajstić information content (AvgIpc) is 2.92. The number of anilines is 1. The van der Waals surface area contributed by atoms with E-state index in [2.05, 4.69) is 15.7 Å². The first-order valence-electron chi connectivity index (χ1n) is 7.69. The van der Waals surface area contributed by atoms with E-state index in [1.807, 2.05) is 31.3 Å². The summed E-state index contributed by atoms with van der Waals surface area (Å²) in [5, 5.41) is 18.6. The van der Waals surface area contributed by atoms with Gasteiger partial charge in [0, 0.05) is 23.8 Å². The standard InChI is InChI=1S/C17H22N4O3/c1-12-9-11-21(20-12)14-6-4-13(5-7-14)18-16(24)19-17(2,3)10-8-15(22)23/h4-7,9,11H,8,10H2,1-3H3,(H,22,23)(H2,18,19,24). The lowest BCUT2D eigenvalue weighted by atomic mass is 9.99. The highest BCUT2D eigenvalue weighted by molar-refractivity contribution is 5.89. The van der Waals surface area contributed by atoms with Gasteiger partial charge in [0.15, 0.2) is 0 Å². The fraction of sp³-hybridized carbons (Fsp3) is 0.353. The van der Waals surface area contributed by atoms with E-state index in [9.17, 15) is 9.59 Å². The van der Waals surface area contributed by atoms with Gasteiger partial charge in [-0.05, 0) is 57.5 Å². The van der Waals surface area contributed by atoms with Crippen molar-refractivity contribution in [1.29, 1.82) is 0 Å². The summed E-state index contributed by atoms with van der Waals surface area (Å²) in [7, 11) is 0. The monoisotopic (exact) mass is 330 g/mol. The molecule has 1 heterocycles. The van der Waals surface area contributed by atoms with E-state index in [0.29, 0.717) is 12.1 Å². The fourth-order valence-corrected chi connectivity index (χ4v) is 2.21. The van der Waals surface area contributed by atoms with Gasteiger partial charge in [-0.2, -0.15) is 5.10 Å². The zero-order valence-electron chi connectivity index (χ0n) is 14.0. The van der Waals surface area contributed by atoms with E-state index in [1.54, 1.807) is 30.7 Å². The maximum Gasteiger partial charge on any atom is 0.319 e. The molecule has 0 spiro atoms. The number of hydrogen-bond acceptors (Lipinski definition) is 3. The summed E-state index contributed by atoms with van der Waals surface area (Å²) in [6, 6.07) is 8.84. The van der Waals surface area contributed by atoms with E-state index in [0.717, 1.165) is 11.4 Å². The minimum atomic E-state index is -0.880. The maximum atomic E-state index is 12.0. The smallest absolute Gasteiger partial charge is 0.319 e. The predicted molar refractivity (Wildman–Crippen MR) is 91.4 cm³/mol. The molecule has 0 saturated carbocycles. The molecule has 0 aliphatic carbocycles. The van der Waals surface area contributed by atoms with Crippen molar-refractivity contribution in [3.05, 3.63) is 42.2 Å². The van der Waals surface area contributed by atoms with Crippen molar-refractivity contribution in [1.82, 2.24) is 15.1 Å². The van der Waals surface area contributed by atoms with Crippen LogP contribution in [-0.4, -0.2) is 32.4 Å². The number of aromatic nitrogens is 2. The second kappa shape index (κ2) is 7.16. The third kappa shape index (κ3) is 5.12. The normalized spacial score (nSPS) is 11.1. The Bertz CT molecular complexity index is 720. The van der Waals surface area contributed by atoms with E-state index in [1.165, 1.54) is 0 Å². The van der Waals surface area contributed by atoms with Crippen molar-refractivity contribution in [2.45, 2.75) is 39.2 Å². The largest absolute Gasteiger partial charge is 0.481 e. The minimum Gasteiger partial charge on any atom is -0.481 e. The molecule has 0 fully saturated rings. The van der Waals surface area contributed by atoms with Crippen LogP contribution in [0.4, 0.5) is 10.5 Å². The fourth-order valence-electron chi connectivity index (χ4n) is 2.21. The number of urea groups is 1. The van der Waals surface area contributed by atoms with Gasteiger partial charge in [-0.1, -0.05) is 0 Å². The maximum absolute atomic E-state index is 12.0. The first-order chi connectivity index (χ1) is 11.2. The van der Waals surface area contributed by atoms with Crippen LogP contribution >= 0.6 is 0 Å². The number of carbonyl (C=O) groups is 2. The Morgan fingerprint density at radius 2 is 1.88 bits per heavy atom. The van der Waals surface area contributed by atoms with Gasteiger partial charge in [0.05, 0.1) is 11.4 Å². The van der Waals surface area contributed by atoms with Crippen LogP contribution in [-0.2, 0) is 4.79 Å². The summed E-state index contributed by atoms with van der Waals surface area (Å²) in [5.74, 6) is -0.880. The van der Waals surface area contributed by atoms with Crippen molar-refractivity contribution >= 4 is 17.7 Å². The number of carbonyl (C=O) groups excluding carboxylic acids is 1. The Hall–Kier alpha value is -2.83. The summed E-state index contributed by atoms with van der Waals surface area (Å²) in [6.07, 6.45) is 2.23. The number of amides is 2. The van der Waals surface area contributed by atoms with Gasteiger partial charge in [0.2, 0.25) is 0 Å². The molecule has 0 unspecified atom stereocenters. The van der Waals surface area contributed by atoms with Crippen molar-refractivity contribution in [3.63, 3.8) is 0 Å². The Labute approximate surface area is 140 Å². The Morgan fingerprint density at radius 3 is 2.42 bits per heavy atom. The Balaban J connectivity index is 1.93. The van der Waals surface area contributed by atoms with Gasteiger partial charge < -0.3 is 15.7 Å². The molecule has 0 bridgehead atoms. The van der Waals surface area contributed by atoms with Crippen LogP contribution in [0.15, 0.2) is 36.5 Å². The van der Waals surface area contributed by atoms with Gasteiger partial charge in [-0.25, -0.2) is 9.48 Å². The van der Waals surface area contributed by atoms with Gasteiger partial charge in [-0.15, -0.1) is 0 Å². The molecule has 2 rings (SSSR count). The van der Waals surface area contributed by atoms with Crippen LogP contribution in [0.2, 0.25) is 0 Å². The lowest BCUT2D eigenvalue weighted by Crippen LogP contribution is -2.45. The van der Waals surface area contributed by atoms with E-state index < -0.39 is 11.5 Å². The highest BCUT2D eigenvalue weighted by atomic mass is 16.4. The number of rotatable bonds is 6. The summed E-state index contributed by atoms with van der Waals surface area (Å²) in [5.41, 5.74) is 1.87. The number of hydrogen-bond donors (Lipinski definition) is 3. The number of aryl methyl sites for hydroxylation is 1. The first-order valence-corrected chi connectivity index (χ1v) is 7.69. The van der Waals surface area contributed by atoms with Crippen LogP contribution in [0, 0.1) is 6.92 Å². The number of carboxylic acid groups (broad SMARTS) is 1. The van der Waals surface area contributed by atoms with Crippen molar-refractivity contribution < 1.29 is 14.7 Å². The molecule has 0 radical (unpaired) electrons. The molecule has 0 atom stereocenters. The number of nitrogens with zero attached hydrogens (tertiary/aromatic N) is 2. The van der Waals surface area contributed by atoms with Crippen molar-refractivity contribution in [3.8, 4) is 5.69 Å².